The molecule has 2 atom stereocenters. The molecule has 1 N–H and O–H groups in total. The summed E-state index contributed by atoms with van der Waals surface area (Å²) in [5.41, 5.74) is 4.72. The molecule has 2 aromatic carbocycles. The zero-order valence-corrected chi connectivity index (χ0v) is 16.5. The van der Waals surface area contributed by atoms with Crippen LogP contribution in [0, 0.1) is 0 Å². The SMILES string of the molecule is O=C(O)C1=CC=CC=COC1C1C(=O)CCc2c1ccc1c3c(ccc21)CCC=C3. The van der Waals surface area contributed by atoms with E-state index in [4.69, 9.17) is 4.74 Å². The van der Waals surface area contributed by atoms with E-state index in [9.17, 15) is 14.7 Å². The van der Waals surface area contributed by atoms with Gasteiger partial charge in [0.15, 0.2) is 0 Å². The maximum absolute atomic E-state index is 13.0. The minimum absolute atomic E-state index is 0.0230. The summed E-state index contributed by atoms with van der Waals surface area (Å²) in [5.74, 6) is -1.68. The Labute approximate surface area is 174 Å². The van der Waals surface area contributed by atoms with Crippen LogP contribution in [0.5, 0.6) is 0 Å². The van der Waals surface area contributed by atoms with Crippen LogP contribution in [-0.2, 0) is 27.2 Å². The average Bonchev–Trinajstić information content (AvgIpc) is 2.73. The third kappa shape index (κ3) is 3.00. The Morgan fingerprint density at radius 2 is 1.87 bits per heavy atom. The van der Waals surface area contributed by atoms with E-state index in [2.05, 4.69) is 30.4 Å². The second-order valence-electron chi connectivity index (χ2n) is 7.95. The maximum atomic E-state index is 13.0. The second kappa shape index (κ2) is 7.45. The quantitative estimate of drug-likeness (QED) is 0.783. The van der Waals surface area contributed by atoms with Crippen LogP contribution in [0.2, 0.25) is 0 Å². The van der Waals surface area contributed by atoms with E-state index in [0.717, 1.165) is 29.4 Å². The lowest BCUT2D eigenvalue weighted by atomic mass is 9.74. The molecule has 2 aromatic rings. The first-order valence-corrected chi connectivity index (χ1v) is 10.3. The number of benzene rings is 2. The van der Waals surface area contributed by atoms with E-state index in [1.54, 1.807) is 18.2 Å². The van der Waals surface area contributed by atoms with Gasteiger partial charge in [0.1, 0.15) is 11.9 Å². The van der Waals surface area contributed by atoms with E-state index in [1.165, 1.54) is 28.9 Å². The Hall–Kier alpha value is -3.40. The molecule has 150 valence electrons. The number of carboxylic acids is 1. The minimum atomic E-state index is -1.07. The molecule has 4 heteroatoms. The van der Waals surface area contributed by atoms with Gasteiger partial charge in [0, 0.05) is 6.42 Å². The lowest BCUT2D eigenvalue weighted by Gasteiger charge is -2.32. The van der Waals surface area contributed by atoms with E-state index in [1.807, 2.05) is 6.07 Å². The number of ketones is 1. The van der Waals surface area contributed by atoms with Crippen LogP contribution in [0.3, 0.4) is 0 Å². The molecule has 0 aromatic heterocycles. The first-order chi connectivity index (χ1) is 14.6. The van der Waals surface area contributed by atoms with Gasteiger partial charge >= 0.3 is 5.97 Å². The zero-order chi connectivity index (χ0) is 20.7. The number of fused-ring (bicyclic) bond motifs is 5. The molecule has 1 aliphatic heterocycles. The molecular weight excluding hydrogens is 376 g/mol. The van der Waals surface area contributed by atoms with Crippen molar-refractivity contribution >= 4 is 28.6 Å². The number of rotatable bonds is 2. The Balaban J connectivity index is 1.68. The van der Waals surface area contributed by atoms with Crippen molar-refractivity contribution in [2.75, 3.05) is 0 Å². The molecule has 0 bridgehead atoms. The fraction of sp³-hybridized carbons (Fsp3) is 0.231. The largest absolute Gasteiger partial charge is 0.492 e. The molecule has 1 heterocycles. The van der Waals surface area contributed by atoms with Gasteiger partial charge in [0.2, 0.25) is 0 Å². The van der Waals surface area contributed by atoms with Crippen molar-refractivity contribution in [3.63, 3.8) is 0 Å². The highest BCUT2D eigenvalue weighted by molar-refractivity contribution is 6.00. The number of aryl methyl sites for hydroxylation is 2. The van der Waals surface area contributed by atoms with Crippen molar-refractivity contribution in [2.45, 2.75) is 37.7 Å². The number of carbonyl (C=O) groups excluding carboxylic acids is 1. The predicted octanol–water partition coefficient (Wildman–Crippen LogP) is 4.88. The summed E-state index contributed by atoms with van der Waals surface area (Å²) in [6, 6.07) is 8.43. The number of Topliss-reactive ketones (excluding diaryl/α,β-unsaturated/α-hetero) is 1. The Kier molecular flexibility index (Phi) is 4.62. The van der Waals surface area contributed by atoms with E-state index < -0.39 is 18.0 Å². The number of carbonyl (C=O) groups is 2. The fourth-order valence-electron chi connectivity index (χ4n) is 4.91. The first kappa shape index (κ1) is 18.6. The third-order valence-electron chi connectivity index (χ3n) is 6.31. The number of ether oxygens (including phenoxy) is 1. The van der Waals surface area contributed by atoms with Gasteiger partial charge in [-0.15, -0.1) is 0 Å². The lowest BCUT2D eigenvalue weighted by Crippen LogP contribution is -2.35. The van der Waals surface area contributed by atoms with Crippen molar-refractivity contribution in [2.24, 2.45) is 0 Å². The fourth-order valence-corrected chi connectivity index (χ4v) is 4.91. The molecule has 0 saturated heterocycles. The molecule has 4 nitrogen and oxygen atoms in total. The third-order valence-corrected chi connectivity index (χ3v) is 6.31. The minimum Gasteiger partial charge on any atom is -0.492 e. The summed E-state index contributed by atoms with van der Waals surface area (Å²) in [7, 11) is 0. The van der Waals surface area contributed by atoms with Crippen LogP contribution >= 0.6 is 0 Å². The normalized spacial score (nSPS) is 22.5. The summed E-state index contributed by atoms with van der Waals surface area (Å²) in [4.78, 5) is 25.0. The molecule has 2 unspecified atom stereocenters. The van der Waals surface area contributed by atoms with Crippen LogP contribution < -0.4 is 0 Å². The molecular formula is C26H22O4. The highest BCUT2D eigenvalue weighted by Crippen LogP contribution is 2.41. The van der Waals surface area contributed by atoms with Crippen molar-refractivity contribution in [3.05, 3.63) is 88.7 Å². The molecule has 0 saturated carbocycles. The predicted molar refractivity (Wildman–Crippen MR) is 116 cm³/mol. The van der Waals surface area contributed by atoms with Gasteiger partial charge in [0.05, 0.1) is 17.8 Å². The van der Waals surface area contributed by atoms with Crippen LogP contribution in [0.25, 0.3) is 16.8 Å². The monoisotopic (exact) mass is 398 g/mol. The van der Waals surface area contributed by atoms with Crippen LogP contribution in [0.1, 0.15) is 41.0 Å². The summed E-state index contributed by atoms with van der Waals surface area (Å²) in [5, 5.41) is 12.1. The number of hydrogen-bond acceptors (Lipinski definition) is 3. The van der Waals surface area contributed by atoms with Crippen LogP contribution in [0.15, 0.2) is 66.5 Å². The van der Waals surface area contributed by atoms with Crippen molar-refractivity contribution in [3.8, 4) is 0 Å². The van der Waals surface area contributed by atoms with E-state index >= 15 is 0 Å². The summed E-state index contributed by atoms with van der Waals surface area (Å²) in [6.07, 6.45) is 14.8. The number of allylic oxidation sites excluding steroid dienone is 5. The number of aliphatic carboxylic acids is 1. The Morgan fingerprint density at radius 1 is 1.00 bits per heavy atom. The van der Waals surface area contributed by atoms with Crippen LogP contribution in [-0.4, -0.2) is 23.0 Å². The maximum Gasteiger partial charge on any atom is 0.335 e. The van der Waals surface area contributed by atoms with Gasteiger partial charge in [0.25, 0.3) is 0 Å². The summed E-state index contributed by atoms with van der Waals surface area (Å²) < 4.78 is 5.81. The van der Waals surface area contributed by atoms with Gasteiger partial charge in [-0.25, -0.2) is 4.79 Å². The van der Waals surface area contributed by atoms with Gasteiger partial charge in [-0.2, -0.15) is 0 Å². The molecule has 0 spiro atoms. The number of hydrogen-bond donors (Lipinski definition) is 1. The molecule has 5 rings (SSSR count). The summed E-state index contributed by atoms with van der Waals surface area (Å²) in [6.45, 7) is 0. The first-order valence-electron chi connectivity index (χ1n) is 10.3. The molecule has 0 amide bonds. The highest BCUT2D eigenvalue weighted by atomic mass is 16.5. The van der Waals surface area contributed by atoms with Gasteiger partial charge in [-0.3, -0.25) is 4.79 Å². The smallest absolute Gasteiger partial charge is 0.335 e. The molecule has 3 aliphatic rings. The van der Waals surface area contributed by atoms with Gasteiger partial charge in [-0.05, 0) is 64.4 Å². The Bertz CT molecular complexity index is 1180. The van der Waals surface area contributed by atoms with Gasteiger partial charge < -0.3 is 9.84 Å². The second-order valence-corrected chi connectivity index (χ2v) is 7.95. The van der Waals surface area contributed by atoms with E-state index in [0.29, 0.717) is 12.8 Å². The topological polar surface area (TPSA) is 63.6 Å². The Morgan fingerprint density at radius 3 is 2.73 bits per heavy atom. The molecule has 2 aliphatic carbocycles. The van der Waals surface area contributed by atoms with Crippen molar-refractivity contribution in [1.29, 1.82) is 0 Å². The molecule has 30 heavy (non-hydrogen) atoms. The molecule has 0 radical (unpaired) electrons. The molecule has 0 fully saturated rings. The average molecular weight is 398 g/mol. The van der Waals surface area contributed by atoms with Crippen molar-refractivity contribution < 1.29 is 19.4 Å². The zero-order valence-electron chi connectivity index (χ0n) is 16.5. The van der Waals surface area contributed by atoms with E-state index in [-0.39, 0.29) is 11.4 Å². The van der Waals surface area contributed by atoms with Crippen LogP contribution in [0.4, 0.5) is 0 Å². The highest BCUT2D eigenvalue weighted by Gasteiger charge is 2.40. The number of carboxylic acid groups (broad SMARTS) is 1. The van der Waals surface area contributed by atoms with Crippen molar-refractivity contribution in [1.82, 2.24) is 0 Å². The standard InChI is InChI=1S/C26H22O4/c27-23-14-13-20-19-10-9-16-6-3-4-7-17(16)18(19)11-12-21(20)24(23)25-22(26(28)29)8-2-1-5-15-30-25/h1-2,4-5,7-12,15,24-25H,3,6,13-14H2,(H,28,29). The lowest BCUT2D eigenvalue weighted by molar-refractivity contribution is -0.134. The van der Waals surface area contributed by atoms with Gasteiger partial charge in [-0.1, -0.05) is 48.6 Å². The summed E-state index contributed by atoms with van der Waals surface area (Å²) >= 11 is 0.